The lowest BCUT2D eigenvalue weighted by Crippen LogP contribution is -2.29. The van der Waals surface area contributed by atoms with E-state index in [9.17, 15) is 4.79 Å². The molecule has 1 aromatic heterocycles. The molecule has 1 aromatic rings. The van der Waals surface area contributed by atoms with Crippen molar-refractivity contribution in [3.63, 3.8) is 0 Å². The molecule has 1 heterocycles. The highest BCUT2D eigenvalue weighted by atomic mass is 35.5. The van der Waals surface area contributed by atoms with Gasteiger partial charge in [0.1, 0.15) is 5.69 Å². The fourth-order valence-electron chi connectivity index (χ4n) is 1.01. The number of amides is 1. The van der Waals surface area contributed by atoms with Gasteiger partial charge in [-0.05, 0) is 25.5 Å². The molecule has 0 bridgehead atoms. The van der Waals surface area contributed by atoms with Gasteiger partial charge in [0, 0.05) is 18.8 Å². The van der Waals surface area contributed by atoms with Crippen LogP contribution in [0.5, 0.6) is 0 Å². The van der Waals surface area contributed by atoms with Crippen LogP contribution in [0.15, 0.2) is 18.3 Å². The Kier molecular flexibility index (Phi) is 10.5. The number of nitrogens with one attached hydrogen (secondary N) is 1. The Hall–Kier alpha value is -0.550. The molecular formula is C10H16Cl3N3O. The van der Waals surface area contributed by atoms with Crippen LogP contribution < -0.4 is 11.1 Å². The van der Waals surface area contributed by atoms with Gasteiger partial charge < -0.3 is 11.1 Å². The van der Waals surface area contributed by atoms with Crippen molar-refractivity contribution in [2.75, 3.05) is 6.54 Å². The first kappa shape index (κ1) is 18.8. The lowest BCUT2D eigenvalue weighted by molar-refractivity contribution is 0.0948. The third kappa shape index (κ3) is 7.39. The minimum Gasteiger partial charge on any atom is -0.351 e. The van der Waals surface area contributed by atoms with Crippen LogP contribution in [0.4, 0.5) is 0 Å². The number of halogens is 3. The van der Waals surface area contributed by atoms with Gasteiger partial charge in [0.25, 0.3) is 5.91 Å². The summed E-state index contributed by atoms with van der Waals surface area (Å²) in [5.41, 5.74) is 5.92. The number of hydrogen-bond donors (Lipinski definition) is 2. The van der Waals surface area contributed by atoms with Gasteiger partial charge >= 0.3 is 0 Å². The lowest BCUT2D eigenvalue weighted by atomic mass is 10.2. The fraction of sp³-hybridized carbons (Fsp3) is 0.400. The molecule has 0 radical (unpaired) electrons. The maximum Gasteiger partial charge on any atom is 0.269 e. The molecule has 0 fully saturated rings. The zero-order chi connectivity index (χ0) is 11.3. The van der Waals surface area contributed by atoms with E-state index >= 15 is 0 Å². The molecule has 0 aromatic carbocycles. The molecule has 1 unspecified atom stereocenters. The molecule has 7 heteroatoms. The maximum atomic E-state index is 11.5. The third-order valence-corrected chi connectivity index (χ3v) is 2.07. The highest BCUT2D eigenvalue weighted by Gasteiger charge is 2.05. The highest BCUT2D eigenvalue weighted by molar-refractivity contribution is 6.30. The van der Waals surface area contributed by atoms with E-state index in [-0.39, 0.29) is 36.8 Å². The summed E-state index contributed by atoms with van der Waals surface area (Å²) >= 11 is 5.65. The Bertz CT molecular complexity index is 330. The van der Waals surface area contributed by atoms with Crippen LogP contribution in [0.1, 0.15) is 23.8 Å². The predicted octanol–water partition coefficient (Wildman–Crippen LogP) is 2.05. The fourth-order valence-corrected chi connectivity index (χ4v) is 1.13. The summed E-state index contributed by atoms with van der Waals surface area (Å²) in [5, 5.41) is 3.24. The van der Waals surface area contributed by atoms with E-state index in [0.717, 1.165) is 6.42 Å². The zero-order valence-corrected chi connectivity index (χ0v) is 11.7. The summed E-state index contributed by atoms with van der Waals surface area (Å²) in [4.78, 5) is 15.4. The number of nitrogens with two attached hydrogens (primary N) is 1. The van der Waals surface area contributed by atoms with Crippen LogP contribution in [0, 0.1) is 0 Å². The Labute approximate surface area is 118 Å². The molecular weight excluding hydrogens is 284 g/mol. The first-order valence-corrected chi connectivity index (χ1v) is 5.12. The van der Waals surface area contributed by atoms with E-state index in [2.05, 4.69) is 10.3 Å². The number of carbonyl (C=O) groups excluding carboxylic acids is 1. The molecule has 0 saturated carbocycles. The van der Waals surface area contributed by atoms with Crippen LogP contribution in [-0.2, 0) is 0 Å². The Morgan fingerprint density at radius 3 is 2.65 bits per heavy atom. The van der Waals surface area contributed by atoms with Crippen molar-refractivity contribution in [1.82, 2.24) is 10.3 Å². The van der Waals surface area contributed by atoms with E-state index in [1.54, 1.807) is 12.1 Å². The molecule has 0 aliphatic carbocycles. The SMILES string of the molecule is CC(N)CCNC(=O)c1ccc(Cl)cn1.Cl.Cl. The van der Waals surface area contributed by atoms with Crippen LogP contribution in [0.2, 0.25) is 5.02 Å². The van der Waals surface area contributed by atoms with E-state index < -0.39 is 0 Å². The number of hydrogen-bond acceptors (Lipinski definition) is 3. The standard InChI is InChI=1S/C10H14ClN3O.2ClH/c1-7(12)4-5-13-10(15)9-3-2-8(11)6-14-9;;/h2-3,6-7H,4-5,12H2,1H3,(H,13,15);2*1H. The van der Waals surface area contributed by atoms with Gasteiger partial charge in [-0.15, -0.1) is 24.8 Å². The topological polar surface area (TPSA) is 68.0 Å². The summed E-state index contributed by atoms with van der Waals surface area (Å²) < 4.78 is 0. The molecule has 1 rings (SSSR count). The second-order valence-electron chi connectivity index (χ2n) is 3.38. The highest BCUT2D eigenvalue weighted by Crippen LogP contribution is 2.05. The van der Waals surface area contributed by atoms with Crippen molar-refractivity contribution >= 4 is 42.3 Å². The van der Waals surface area contributed by atoms with Crippen LogP contribution in [-0.4, -0.2) is 23.5 Å². The Morgan fingerprint density at radius 2 is 2.18 bits per heavy atom. The summed E-state index contributed by atoms with van der Waals surface area (Å²) in [5.74, 6) is -0.202. The second-order valence-corrected chi connectivity index (χ2v) is 3.82. The summed E-state index contributed by atoms with van der Waals surface area (Å²) in [7, 11) is 0. The first-order valence-electron chi connectivity index (χ1n) is 4.75. The third-order valence-electron chi connectivity index (χ3n) is 1.85. The molecule has 1 amide bonds. The lowest BCUT2D eigenvalue weighted by Gasteiger charge is -2.06. The molecule has 98 valence electrons. The van der Waals surface area contributed by atoms with Crippen molar-refractivity contribution in [2.24, 2.45) is 5.73 Å². The summed E-state index contributed by atoms with van der Waals surface area (Å²) in [6.07, 6.45) is 2.20. The normalized spacial score (nSPS) is 10.8. The molecule has 17 heavy (non-hydrogen) atoms. The van der Waals surface area contributed by atoms with Gasteiger partial charge in [0.15, 0.2) is 0 Å². The number of pyridine rings is 1. The number of rotatable bonds is 4. The van der Waals surface area contributed by atoms with Crippen LogP contribution in [0.25, 0.3) is 0 Å². The van der Waals surface area contributed by atoms with Gasteiger partial charge in [-0.3, -0.25) is 4.79 Å². The first-order chi connectivity index (χ1) is 7.09. The van der Waals surface area contributed by atoms with Crippen LogP contribution >= 0.6 is 36.4 Å². The quantitative estimate of drug-likeness (QED) is 0.894. The van der Waals surface area contributed by atoms with E-state index in [4.69, 9.17) is 17.3 Å². The minimum atomic E-state index is -0.202. The van der Waals surface area contributed by atoms with Crippen molar-refractivity contribution < 1.29 is 4.79 Å². The molecule has 0 aliphatic rings. The summed E-state index contributed by atoms with van der Waals surface area (Å²) in [6.45, 7) is 2.45. The summed E-state index contributed by atoms with van der Waals surface area (Å²) in [6, 6.07) is 3.31. The van der Waals surface area contributed by atoms with E-state index in [1.807, 2.05) is 6.92 Å². The van der Waals surface area contributed by atoms with Gasteiger partial charge in [-0.25, -0.2) is 4.98 Å². The molecule has 0 aliphatic heterocycles. The smallest absolute Gasteiger partial charge is 0.269 e. The average Bonchev–Trinajstić information content (AvgIpc) is 2.18. The van der Waals surface area contributed by atoms with Crippen molar-refractivity contribution in [2.45, 2.75) is 19.4 Å². The zero-order valence-electron chi connectivity index (χ0n) is 9.35. The van der Waals surface area contributed by atoms with Gasteiger partial charge in [-0.1, -0.05) is 11.6 Å². The molecule has 4 nitrogen and oxygen atoms in total. The van der Waals surface area contributed by atoms with Crippen LogP contribution in [0.3, 0.4) is 0 Å². The monoisotopic (exact) mass is 299 g/mol. The van der Waals surface area contributed by atoms with Crippen molar-refractivity contribution in [3.05, 3.63) is 29.0 Å². The van der Waals surface area contributed by atoms with Gasteiger partial charge in [0.2, 0.25) is 0 Å². The van der Waals surface area contributed by atoms with E-state index in [0.29, 0.717) is 17.3 Å². The van der Waals surface area contributed by atoms with E-state index in [1.165, 1.54) is 6.20 Å². The molecule has 3 N–H and O–H groups in total. The van der Waals surface area contributed by atoms with Crippen molar-refractivity contribution in [3.8, 4) is 0 Å². The molecule has 0 saturated heterocycles. The average molecular weight is 301 g/mol. The number of aromatic nitrogens is 1. The van der Waals surface area contributed by atoms with Crippen molar-refractivity contribution in [1.29, 1.82) is 0 Å². The Morgan fingerprint density at radius 1 is 1.53 bits per heavy atom. The van der Waals surface area contributed by atoms with Gasteiger partial charge in [0.05, 0.1) is 5.02 Å². The predicted molar refractivity (Wildman–Crippen MR) is 74.3 cm³/mol. The maximum absolute atomic E-state index is 11.5. The van der Waals surface area contributed by atoms with Gasteiger partial charge in [-0.2, -0.15) is 0 Å². The largest absolute Gasteiger partial charge is 0.351 e. The molecule has 0 spiro atoms. The second kappa shape index (κ2) is 9.48. The minimum absolute atomic E-state index is 0. The number of carbonyl (C=O) groups is 1. The molecule has 1 atom stereocenters. The Balaban J connectivity index is 0. The number of nitrogens with zero attached hydrogens (tertiary/aromatic N) is 1.